The lowest BCUT2D eigenvalue weighted by molar-refractivity contribution is 0.520. The Balaban J connectivity index is 2.22. The van der Waals surface area contributed by atoms with Crippen LogP contribution in [0.25, 0.3) is 0 Å². The molecule has 0 unspecified atom stereocenters. The van der Waals surface area contributed by atoms with Crippen molar-refractivity contribution in [1.82, 2.24) is 0 Å². The minimum absolute atomic E-state index is 0.528. The quantitative estimate of drug-likeness (QED) is 0.548. The van der Waals surface area contributed by atoms with Crippen LogP contribution in [0.2, 0.25) is 0 Å². The van der Waals surface area contributed by atoms with Crippen LogP contribution < -0.4 is 5.73 Å². The fourth-order valence-corrected chi connectivity index (χ4v) is 1.48. The SMILES string of the molecule is CC[C@@H]1CC[C@H](N)C1. The molecule has 48 valence electrons. The number of rotatable bonds is 1. The zero-order valence-electron chi connectivity index (χ0n) is 5.56. The Bertz CT molecular complexity index is 70.8. The molecule has 1 heteroatoms. The maximum Gasteiger partial charge on any atom is 0.00415 e. The van der Waals surface area contributed by atoms with Gasteiger partial charge in [0.1, 0.15) is 0 Å². The van der Waals surface area contributed by atoms with Gasteiger partial charge < -0.3 is 5.73 Å². The fourth-order valence-electron chi connectivity index (χ4n) is 1.48. The Kier molecular flexibility index (Phi) is 1.90. The summed E-state index contributed by atoms with van der Waals surface area (Å²) in [5, 5.41) is 0. The molecule has 2 atom stereocenters. The number of hydrogen-bond donors (Lipinski definition) is 1. The summed E-state index contributed by atoms with van der Waals surface area (Å²) >= 11 is 0. The lowest BCUT2D eigenvalue weighted by atomic mass is 10.1. The molecule has 1 nitrogen and oxygen atoms in total. The smallest absolute Gasteiger partial charge is 0.00415 e. The van der Waals surface area contributed by atoms with Gasteiger partial charge in [0.15, 0.2) is 0 Å². The van der Waals surface area contributed by atoms with E-state index < -0.39 is 0 Å². The molecule has 0 heterocycles. The van der Waals surface area contributed by atoms with Crippen molar-refractivity contribution in [3.63, 3.8) is 0 Å². The van der Waals surface area contributed by atoms with Gasteiger partial charge in [0.25, 0.3) is 0 Å². The predicted molar refractivity (Wildman–Crippen MR) is 35.6 cm³/mol. The van der Waals surface area contributed by atoms with E-state index in [1.165, 1.54) is 25.7 Å². The van der Waals surface area contributed by atoms with E-state index in [1.807, 2.05) is 0 Å². The van der Waals surface area contributed by atoms with Gasteiger partial charge >= 0.3 is 0 Å². The Morgan fingerprint density at radius 3 is 2.50 bits per heavy atom. The van der Waals surface area contributed by atoms with Crippen molar-refractivity contribution < 1.29 is 0 Å². The molecule has 0 aliphatic heterocycles. The zero-order chi connectivity index (χ0) is 5.98. The first-order chi connectivity index (χ1) is 3.83. The van der Waals surface area contributed by atoms with Crippen LogP contribution in [0.5, 0.6) is 0 Å². The second-order valence-electron chi connectivity index (χ2n) is 2.85. The third-order valence-electron chi connectivity index (χ3n) is 2.16. The highest BCUT2D eigenvalue weighted by atomic mass is 14.6. The van der Waals surface area contributed by atoms with Gasteiger partial charge in [-0.15, -0.1) is 0 Å². The highest BCUT2D eigenvalue weighted by Crippen LogP contribution is 2.25. The van der Waals surface area contributed by atoms with E-state index >= 15 is 0 Å². The molecule has 0 aromatic carbocycles. The lowest BCUT2D eigenvalue weighted by Gasteiger charge is -2.02. The second-order valence-corrected chi connectivity index (χ2v) is 2.85. The van der Waals surface area contributed by atoms with Gasteiger partial charge in [0.05, 0.1) is 0 Å². The van der Waals surface area contributed by atoms with E-state index in [4.69, 9.17) is 5.73 Å². The first-order valence-corrected chi connectivity index (χ1v) is 3.58. The summed E-state index contributed by atoms with van der Waals surface area (Å²) in [4.78, 5) is 0. The molecule has 0 saturated heterocycles. The minimum atomic E-state index is 0.528. The largest absolute Gasteiger partial charge is 0.328 e. The average Bonchev–Trinajstić information content (AvgIpc) is 2.14. The van der Waals surface area contributed by atoms with Gasteiger partial charge in [-0.25, -0.2) is 0 Å². The first-order valence-electron chi connectivity index (χ1n) is 3.58. The maximum absolute atomic E-state index is 5.70. The number of nitrogens with two attached hydrogens (primary N) is 1. The predicted octanol–water partition coefficient (Wildman–Crippen LogP) is 1.52. The van der Waals surface area contributed by atoms with Crippen LogP contribution in [-0.4, -0.2) is 6.04 Å². The highest BCUT2D eigenvalue weighted by molar-refractivity contribution is 4.76. The molecule has 0 bridgehead atoms. The summed E-state index contributed by atoms with van der Waals surface area (Å²) in [6.45, 7) is 2.25. The van der Waals surface area contributed by atoms with Crippen LogP contribution in [0.15, 0.2) is 0 Å². The summed E-state index contributed by atoms with van der Waals surface area (Å²) in [6.07, 6.45) is 5.24. The average molecular weight is 113 g/mol. The Hall–Kier alpha value is -0.0400. The molecule has 1 saturated carbocycles. The molecule has 1 aliphatic carbocycles. The van der Waals surface area contributed by atoms with E-state index in [0.29, 0.717) is 6.04 Å². The van der Waals surface area contributed by atoms with Gasteiger partial charge in [0, 0.05) is 6.04 Å². The molecule has 0 amide bonds. The lowest BCUT2D eigenvalue weighted by Crippen LogP contribution is -2.14. The summed E-state index contributed by atoms with van der Waals surface area (Å²) in [6, 6.07) is 0.528. The summed E-state index contributed by atoms with van der Waals surface area (Å²) < 4.78 is 0. The molecule has 2 N–H and O–H groups in total. The van der Waals surface area contributed by atoms with E-state index in [0.717, 1.165) is 5.92 Å². The molecule has 0 spiro atoms. The summed E-state index contributed by atoms with van der Waals surface area (Å²) in [5.41, 5.74) is 5.70. The van der Waals surface area contributed by atoms with Crippen LogP contribution in [0.3, 0.4) is 0 Å². The third kappa shape index (κ3) is 1.22. The monoisotopic (exact) mass is 113 g/mol. The van der Waals surface area contributed by atoms with Crippen molar-refractivity contribution in [3.8, 4) is 0 Å². The summed E-state index contributed by atoms with van der Waals surface area (Å²) in [7, 11) is 0. The van der Waals surface area contributed by atoms with Crippen LogP contribution in [-0.2, 0) is 0 Å². The standard InChI is InChI=1S/C7H15N/c1-2-6-3-4-7(8)5-6/h6-7H,2-5,8H2,1H3/t6-,7+/m1/s1. The Morgan fingerprint density at radius 1 is 1.50 bits per heavy atom. The van der Waals surface area contributed by atoms with E-state index in [1.54, 1.807) is 0 Å². The Labute approximate surface area is 51.3 Å². The summed E-state index contributed by atoms with van der Waals surface area (Å²) in [5.74, 6) is 0.949. The molecule has 0 aromatic rings. The van der Waals surface area contributed by atoms with Crippen LogP contribution >= 0.6 is 0 Å². The molecule has 0 aromatic heterocycles. The zero-order valence-corrected chi connectivity index (χ0v) is 5.56. The first kappa shape index (κ1) is 6.09. The molecule has 1 fully saturated rings. The molecule has 8 heavy (non-hydrogen) atoms. The molecule has 1 rings (SSSR count). The van der Waals surface area contributed by atoms with Gasteiger partial charge in [-0.3, -0.25) is 0 Å². The second kappa shape index (κ2) is 2.49. The van der Waals surface area contributed by atoms with E-state index in [-0.39, 0.29) is 0 Å². The third-order valence-corrected chi connectivity index (χ3v) is 2.16. The van der Waals surface area contributed by atoms with E-state index in [2.05, 4.69) is 6.92 Å². The van der Waals surface area contributed by atoms with Gasteiger partial charge in [0.2, 0.25) is 0 Å². The van der Waals surface area contributed by atoms with Crippen LogP contribution in [0.4, 0.5) is 0 Å². The molecular formula is C7H15N. The topological polar surface area (TPSA) is 26.0 Å². The molecular weight excluding hydrogens is 98.1 g/mol. The van der Waals surface area contributed by atoms with Crippen molar-refractivity contribution >= 4 is 0 Å². The Morgan fingerprint density at radius 2 is 2.25 bits per heavy atom. The van der Waals surface area contributed by atoms with Gasteiger partial charge in [-0.2, -0.15) is 0 Å². The minimum Gasteiger partial charge on any atom is -0.328 e. The van der Waals surface area contributed by atoms with Gasteiger partial charge in [-0.1, -0.05) is 13.3 Å². The van der Waals surface area contributed by atoms with Crippen molar-refractivity contribution in [2.75, 3.05) is 0 Å². The molecule has 0 radical (unpaired) electrons. The normalized spacial score (nSPS) is 38.2. The molecule has 1 aliphatic rings. The van der Waals surface area contributed by atoms with Crippen molar-refractivity contribution in [3.05, 3.63) is 0 Å². The van der Waals surface area contributed by atoms with Crippen LogP contribution in [0.1, 0.15) is 32.6 Å². The fraction of sp³-hybridized carbons (Fsp3) is 1.00. The number of hydrogen-bond acceptors (Lipinski definition) is 1. The van der Waals surface area contributed by atoms with Crippen LogP contribution in [0, 0.1) is 5.92 Å². The maximum atomic E-state index is 5.70. The van der Waals surface area contributed by atoms with Crippen molar-refractivity contribution in [2.45, 2.75) is 38.6 Å². The van der Waals surface area contributed by atoms with Gasteiger partial charge in [-0.05, 0) is 25.2 Å². The van der Waals surface area contributed by atoms with E-state index in [9.17, 15) is 0 Å². The van der Waals surface area contributed by atoms with Crippen molar-refractivity contribution in [1.29, 1.82) is 0 Å². The van der Waals surface area contributed by atoms with Crippen molar-refractivity contribution in [2.24, 2.45) is 11.7 Å². The highest BCUT2D eigenvalue weighted by Gasteiger charge is 2.19.